The number of halogens is 3. The molecule has 2 atom stereocenters. The Bertz CT molecular complexity index is 1380. The zero-order valence-corrected chi connectivity index (χ0v) is 20.6. The normalized spacial score (nSPS) is 19.5. The molecule has 0 spiro atoms. The summed E-state index contributed by atoms with van der Waals surface area (Å²) in [6.07, 6.45) is 1.20. The Labute approximate surface area is 206 Å². The van der Waals surface area contributed by atoms with Crippen molar-refractivity contribution in [2.45, 2.75) is 44.2 Å². The molecular formula is C24H25F3N4O4S. The predicted octanol–water partition coefficient (Wildman–Crippen LogP) is 4.87. The minimum absolute atomic E-state index is 0.101. The van der Waals surface area contributed by atoms with E-state index in [9.17, 15) is 21.6 Å². The largest absolute Gasteiger partial charge is 0.445 e. The number of hydrogen-bond acceptors (Lipinski definition) is 7. The van der Waals surface area contributed by atoms with Crippen LogP contribution in [0.1, 0.15) is 36.1 Å². The highest BCUT2D eigenvalue weighted by Gasteiger charge is 2.51. The Morgan fingerprint density at radius 2 is 1.89 bits per heavy atom. The maximum Gasteiger partial charge on any atom is 0.403 e. The summed E-state index contributed by atoms with van der Waals surface area (Å²) < 4.78 is 79.8. The highest BCUT2D eigenvalue weighted by atomic mass is 32.2. The van der Waals surface area contributed by atoms with E-state index in [0.29, 0.717) is 28.0 Å². The maximum absolute atomic E-state index is 14.2. The van der Waals surface area contributed by atoms with Crippen molar-refractivity contribution in [3.05, 3.63) is 77.7 Å². The summed E-state index contributed by atoms with van der Waals surface area (Å²) >= 11 is 0. The SMILES string of the molecule is Cc1noc(NS(=O)(=O)C2(CNC(C)C(F)(F)F)CC(c3ncco3)=CC=C2c2ccccc2)c1C. The third-order valence-electron chi connectivity index (χ3n) is 6.29. The molecule has 0 radical (unpaired) electrons. The monoisotopic (exact) mass is 522 g/mol. The second kappa shape index (κ2) is 9.58. The lowest BCUT2D eigenvalue weighted by molar-refractivity contribution is -0.151. The maximum atomic E-state index is 14.2. The van der Waals surface area contributed by atoms with E-state index >= 15 is 0 Å². The van der Waals surface area contributed by atoms with Gasteiger partial charge in [-0.2, -0.15) is 13.2 Å². The number of allylic oxidation sites excluding steroid dienone is 3. The average Bonchev–Trinajstić information content (AvgIpc) is 3.48. The van der Waals surface area contributed by atoms with E-state index in [0.717, 1.165) is 6.92 Å². The van der Waals surface area contributed by atoms with E-state index in [2.05, 4.69) is 20.2 Å². The average molecular weight is 523 g/mol. The van der Waals surface area contributed by atoms with Gasteiger partial charge < -0.3 is 14.3 Å². The Morgan fingerprint density at radius 3 is 2.47 bits per heavy atom. The van der Waals surface area contributed by atoms with E-state index in [-0.39, 0.29) is 18.2 Å². The summed E-state index contributed by atoms with van der Waals surface area (Å²) in [5.41, 5.74) is 2.21. The minimum atomic E-state index is -4.58. The zero-order chi connectivity index (χ0) is 26.1. The standard InChI is InChI=1S/C24H25F3N4O4S/c1-15-16(2)30-35-21(15)31-36(32,33)23(14-29-17(3)24(25,26)27)13-19(22-28-11-12-34-22)9-10-20(23)18-7-5-4-6-8-18/h4-12,17,29,31H,13-14H2,1-3H3. The molecule has 0 fully saturated rings. The highest BCUT2D eigenvalue weighted by molar-refractivity contribution is 7.94. The lowest BCUT2D eigenvalue weighted by Gasteiger charge is -2.39. The number of rotatable bonds is 8. The first-order chi connectivity index (χ1) is 16.9. The van der Waals surface area contributed by atoms with Crippen molar-refractivity contribution in [2.24, 2.45) is 0 Å². The fraction of sp³-hybridized carbons (Fsp3) is 0.333. The predicted molar refractivity (Wildman–Crippen MR) is 128 cm³/mol. The summed E-state index contributed by atoms with van der Waals surface area (Å²) in [4.78, 5) is 4.11. The topological polar surface area (TPSA) is 110 Å². The molecule has 2 N–H and O–H groups in total. The smallest absolute Gasteiger partial charge is 0.403 e. The molecule has 1 aromatic carbocycles. The molecule has 3 aromatic rings. The molecule has 0 saturated heterocycles. The van der Waals surface area contributed by atoms with Crippen LogP contribution in [0.3, 0.4) is 0 Å². The van der Waals surface area contributed by atoms with Crippen LogP contribution in [0.2, 0.25) is 0 Å². The zero-order valence-electron chi connectivity index (χ0n) is 19.8. The molecule has 4 rings (SSSR count). The Kier molecular flexibility index (Phi) is 6.84. The van der Waals surface area contributed by atoms with Gasteiger partial charge in [-0.1, -0.05) is 47.6 Å². The van der Waals surface area contributed by atoms with Crippen molar-refractivity contribution >= 4 is 27.1 Å². The van der Waals surface area contributed by atoms with Gasteiger partial charge in [0.15, 0.2) is 0 Å². The summed E-state index contributed by atoms with van der Waals surface area (Å²) in [7, 11) is -4.46. The van der Waals surface area contributed by atoms with Crippen LogP contribution >= 0.6 is 0 Å². The van der Waals surface area contributed by atoms with E-state index in [1.807, 2.05) is 0 Å². The van der Waals surface area contributed by atoms with Crippen LogP contribution < -0.4 is 10.0 Å². The number of alkyl halides is 3. The van der Waals surface area contributed by atoms with Crippen molar-refractivity contribution < 1.29 is 30.5 Å². The Hall–Kier alpha value is -3.38. The van der Waals surface area contributed by atoms with Crippen molar-refractivity contribution in [2.75, 3.05) is 11.3 Å². The highest BCUT2D eigenvalue weighted by Crippen LogP contribution is 2.45. The summed E-state index contributed by atoms with van der Waals surface area (Å²) in [5, 5.41) is 6.19. The van der Waals surface area contributed by atoms with Gasteiger partial charge in [0.2, 0.25) is 21.8 Å². The van der Waals surface area contributed by atoms with E-state index in [1.54, 1.807) is 56.3 Å². The molecule has 2 aromatic heterocycles. The molecule has 2 heterocycles. The first kappa shape index (κ1) is 25.7. The molecule has 36 heavy (non-hydrogen) atoms. The lowest BCUT2D eigenvalue weighted by atomic mass is 9.82. The van der Waals surface area contributed by atoms with Gasteiger partial charge in [0.05, 0.1) is 11.9 Å². The summed E-state index contributed by atoms with van der Waals surface area (Å²) in [6, 6.07) is 6.66. The fourth-order valence-corrected chi connectivity index (χ4v) is 5.68. The number of anilines is 1. The number of nitrogens with one attached hydrogen (secondary N) is 2. The Balaban J connectivity index is 1.88. The number of benzene rings is 1. The molecule has 0 bridgehead atoms. The van der Waals surface area contributed by atoms with Crippen LogP contribution in [0, 0.1) is 13.8 Å². The Morgan fingerprint density at radius 1 is 1.17 bits per heavy atom. The van der Waals surface area contributed by atoms with E-state index in [4.69, 9.17) is 8.94 Å². The molecule has 12 heteroatoms. The van der Waals surface area contributed by atoms with Crippen LogP contribution in [0.15, 0.2) is 63.9 Å². The molecular weight excluding hydrogens is 497 g/mol. The van der Waals surface area contributed by atoms with Crippen molar-refractivity contribution in [3.63, 3.8) is 0 Å². The number of aryl methyl sites for hydroxylation is 1. The first-order valence-corrected chi connectivity index (χ1v) is 12.5. The molecule has 2 unspecified atom stereocenters. The summed E-state index contributed by atoms with van der Waals surface area (Å²) in [5.74, 6) is 0.0730. The van der Waals surface area contributed by atoms with Gasteiger partial charge in [0.1, 0.15) is 17.1 Å². The molecule has 1 aliphatic carbocycles. The number of oxazole rings is 1. The first-order valence-electron chi connectivity index (χ1n) is 11.1. The molecule has 192 valence electrons. The fourth-order valence-electron chi connectivity index (χ4n) is 3.96. The number of aromatic nitrogens is 2. The number of sulfonamides is 1. The van der Waals surface area contributed by atoms with Crippen LogP contribution in [0.5, 0.6) is 0 Å². The van der Waals surface area contributed by atoms with E-state index < -0.39 is 33.5 Å². The van der Waals surface area contributed by atoms with Gasteiger partial charge in [-0.15, -0.1) is 0 Å². The van der Waals surface area contributed by atoms with Gasteiger partial charge in [-0.25, -0.2) is 18.1 Å². The lowest BCUT2D eigenvalue weighted by Crippen LogP contribution is -2.55. The van der Waals surface area contributed by atoms with Crippen LogP contribution in [-0.2, 0) is 10.0 Å². The van der Waals surface area contributed by atoms with Crippen molar-refractivity contribution in [3.8, 4) is 0 Å². The number of hydrogen-bond donors (Lipinski definition) is 2. The van der Waals surface area contributed by atoms with Crippen LogP contribution in [-0.4, -0.2) is 42.1 Å². The van der Waals surface area contributed by atoms with Gasteiger partial charge in [-0.05, 0) is 31.9 Å². The van der Waals surface area contributed by atoms with Gasteiger partial charge in [-0.3, -0.25) is 0 Å². The molecule has 8 nitrogen and oxygen atoms in total. The van der Waals surface area contributed by atoms with Crippen molar-refractivity contribution in [1.29, 1.82) is 0 Å². The van der Waals surface area contributed by atoms with Crippen molar-refractivity contribution in [1.82, 2.24) is 15.5 Å². The molecule has 0 amide bonds. The summed E-state index contributed by atoms with van der Waals surface area (Å²) in [6.45, 7) is 3.66. The van der Waals surface area contributed by atoms with Gasteiger partial charge in [0, 0.05) is 24.1 Å². The van der Waals surface area contributed by atoms with Crippen LogP contribution in [0.25, 0.3) is 11.1 Å². The molecule has 1 aliphatic rings. The third kappa shape index (κ3) is 4.82. The minimum Gasteiger partial charge on any atom is -0.445 e. The molecule has 0 saturated carbocycles. The third-order valence-corrected chi connectivity index (χ3v) is 8.28. The van der Waals surface area contributed by atoms with Gasteiger partial charge in [0.25, 0.3) is 0 Å². The van der Waals surface area contributed by atoms with E-state index in [1.165, 1.54) is 12.5 Å². The second-order valence-corrected chi connectivity index (χ2v) is 10.6. The van der Waals surface area contributed by atoms with Crippen LogP contribution in [0.4, 0.5) is 19.1 Å². The second-order valence-electron chi connectivity index (χ2n) is 8.62. The van der Waals surface area contributed by atoms with Gasteiger partial charge >= 0.3 is 6.18 Å². The molecule has 0 aliphatic heterocycles. The quantitative estimate of drug-likeness (QED) is 0.434. The number of nitrogens with zero attached hydrogens (tertiary/aromatic N) is 2.